The fraction of sp³-hybridized carbons (Fsp3) is 0.727. The quantitative estimate of drug-likeness (QED) is 0.755. The van der Waals surface area contributed by atoms with Crippen molar-refractivity contribution in [3.8, 4) is 0 Å². The van der Waals surface area contributed by atoms with Gasteiger partial charge in [-0.3, -0.25) is 4.68 Å². The lowest BCUT2D eigenvalue weighted by Crippen LogP contribution is -2.09. The first-order valence-electron chi connectivity index (χ1n) is 5.46. The molecule has 0 bridgehead atoms. The van der Waals surface area contributed by atoms with Crippen LogP contribution in [0.5, 0.6) is 0 Å². The Morgan fingerprint density at radius 2 is 2.29 bits per heavy atom. The molecular formula is C11H20N2O. The molecule has 80 valence electrons. The summed E-state index contributed by atoms with van der Waals surface area (Å²) in [5, 5.41) is 13.7. The van der Waals surface area contributed by atoms with Crippen LogP contribution in [0.15, 0.2) is 12.3 Å². The third kappa shape index (κ3) is 3.14. The molecular weight excluding hydrogens is 176 g/mol. The zero-order chi connectivity index (χ0) is 10.4. The van der Waals surface area contributed by atoms with E-state index in [9.17, 15) is 5.11 Å². The first kappa shape index (κ1) is 11.2. The van der Waals surface area contributed by atoms with E-state index >= 15 is 0 Å². The van der Waals surface area contributed by atoms with Crippen LogP contribution in [0.1, 0.15) is 38.8 Å². The second kappa shape index (κ2) is 5.81. The van der Waals surface area contributed by atoms with Crippen molar-refractivity contribution in [3.05, 3.63) is 18.0 Å². The first-order chi connectivity index (χ1) is 6.77. The molecule has 1 unspecified atom stereocenters. The van der Waals surface area contributed by atoms with Crippen molar-refractivity contribution in [2.45, 2.75) is 52.2 Å². The predicted octanol–water partition coefficient (Wildman–Crippen LogP) is 2.00. The molecule has 14 heavy (non-hydrogen) atoms. The van der Waals surface area contributed by atoms with Crippen molar-refractivity contribution in [3.63, 3.8) is 0 Å². The van der Waals surface area contributed by atoms with Gasteiger partial charge in [-0.1, -0.05) is 13.8 Å². The Labute approximate surface area is 85.8 Å². The second-order valence-corrected chi connectivity index (χ2v) is 3.65. The number of aryl methyl sites for hydroxylation is 2. The summed E-state index contributed by atoms with van der Waals surface area (Å²) in [7, 11) is 0. The van der Waals surface area contributed by atoms with Crippen molar-refractivity contribution >= 4 is 0 Å². The van der Waals surface area contributed by atoms with Crippen molar-refractivity contribution in [2.75, 3.05) is 0 Å². The van der Waals surface area contributed by atoms with E-state index in [1.807, 2.05) is 23.9 Å². The van der Waals surface area contributed by atoms with E-state index in [2.05, 4.69) is 12.0 Å². The molecule has 0 aliphatic carbocycles. The first-order valence-corrected chi connectivity index (χ1v) is 5.46. The van der Waals surface area contributed by atoms with Gasteiger partial charge in [-0.25, -0.2) is 0 Å². The highest BCUT2D eigenvalue weighted by Gasteiger charge is 2.05. The SMILES string of the molecule is CCCn1nccc1CCC(O)CC. The van der Waals surface area contributed by atoms with Gasteiger partial charge in [0.2, 0.25) is 0 Å². The summed E-state index contributed by atoms with van der Waals surface area (Å²) in [5.41, 5.74) is 1.24. The molecule has 0 radical (unpaired) electrons. The molecule has 0 saturated carbocycles. The third-order valence-electron chi connectivity index (χ3n) is 2.44. The van der Waals surface area contributed by atoms with E-state index in [-0.39, 0.29) is 6.10 Å². The summed E-state index contributed by atoms with van der Waals surface area (Å²) in [6.45, 7) is 5.13. The molecule has 0 amide bonds. The summed E-state index contributed by atoms with van der Waals surface area (Å²) < 4.78 is 2.03. The molecule has 0 aliphatic heterocycles. The van der Waals surface area contributed by atoms with E-state index in [4.69, 9.17) is 0 Å². The molecule has 3 nitrogen and oxygen atoms in total. The van der Waals surface area contributed by atoms with Gasteiger partial charge >= 0.3 is 0 Å². The maximum Gasteiger partial charge on any atom is 0.0541 e. The summed E-state index contributed by atoms with van der Waals surface area (Å²) in [5.74, 6) is 0. The normalized spacial score (nSPS) is 13.1. The Morgan fingerprint density at radius 1 is 1.50 bits per heavy atom. The molecule has 0 aromatic carbocycles. The van der Waals surface area contributed by atoms with E-state index in [1.54, 1.807) is 0 Å². The highest BCUT2D eigenvalue weighted by molar-refractivity contribution is 5.00. The number of aliphatic hydroxyl groups is 1. The Hall–Kier alpha value is -0.830. The molecule has 1 rings (SSSR count). The van der Waals surface area contributed by atoms with Gasteiger partial charge in [0.15, 0.2) is 0 Å². The maximum absolute atomic E-state index is 9.45. The lowest BCUT2D eigenvalue weighted by molar-refractivity contribution is 0.160. The zero-order valence-electron chi connectivity index (χ0n) is 9.11. The van der Waals surface area contributed by atoms with Gasteiger partial charge in [-0.05, 0) is 31.7 Å². The van der Waals surface area contributed by atoms with Crippen molar-refractivity contribution in [1.82, 2.24) is 9.78 Å². The molecule has 1 aromatic heterocycles. The van der Waals surface area contributed by atoms with Gasteiger partial charge in [-0.15, -0.1) is 0 Å². The summed E-state index contributed by atoms with van der Waals surface area (Å²) in [6.07, 6.45) is 5.37. The molecule has 3 heteroatoms. The highest BCUT2D eigenvalue weighted by atomic mass is 16.3. The van der Waals surface area contributed by atoms with Crippen LogP contribution in [0.3, 0.4) is 0 Å². The number of aliphatic hydroxyl groups excluding tert-OH is 1. The number of hydrogen-bond donors (Lipinski definition) is 1. The minimum atomic E-state index is -0.167. The smallest absolute Gasteiger partial charge is 0.0541 e. The third-order valence-corrected chi connectivity index (χ3v) is 2.44. The Morgan fingerprint density at radius 3 is 2.93 bits per heavy atom. The topological polar surface area (TPSA) is 38.0 Å². The number of nitrogens with zero attached hydrogens (tertiary/aromatic N) is 2. The van der Waals surface area contributed by atoms with E-state index in [0.717, 1.165) is 32.2 Å². The standard InChI is InChI=1S/C11H20N2O/c1-3-9-13-10(7-8-12-13)5-6-11(14)4-2/h7-8,11,14H,3-6,9H2,1-2H3. The van der Waals surface area contributed by atoms with Crippen molar-refractivity contribution in [1.29, 1.82) is 0 Å². The summed E-state index contributed by atoms with van der Waals surface area (Å²) >= 11 is 0. The minimum Gasteiger partial charge on any atom is -0.393 e. The number of aromatic nitrogens is 2. The minimum absolute atomic E-state index is 0.167. The van der Waals surface area contributed by atoms with Gasteiger partial charge in [0.25, 0.3) is 0 Å². The fourth-order valence-corrected chi connectivity index (χ4v) is 1.50. The summed E-state index contributed by atoms with van der Waals surface area (Å²) in [6, 6.07) is 2.04. The van der Waals surface area contributed by atoms with E-state index < -0.39 is 0 Å². The van der Waals surface area contributed by atoms with Crippen LogP contribution >= 0.6 is 0 Å². The molecule has 1 heterocycles. The lowest BCUT2D eigenvalue weighted by Gasteiger charge is -2.09. The second-order valence-electron chi connectivity index (χ2n) is 3.65. The Bertz CT molecular complexity index is 258. The van der Waals surface area contributed by atoms with Gasteiger partial charge in [0.1, 0.15) is 0 Å². The van der Waals surface area contributed by atoms with Crippen LogP contribution < -0.4 is 0 Å². The van der Waals surface area contributed by atoms with Gasteiger partial charge in [0.05, 0.1) is 6.10 Å². The van der Waals surface area contributed by atoms with Gasteiger partial charge in [0, 0.05) is 18.4 Å². The average molecular weight is 196 g/mol. The molecule has 0 aliphatic rings. The van der Waals surface area contributed by atoms with Gasteiger partial charge < -0.3 is 5.11 Å². The Balaban J connectivity index is 2.45. The van der Waals surface area contributed by atoms with Gasteiger partial charge in [-0.2, -0.15) is 5.10 Å². The van der Waals surface area contributed by atoms with Crippen molar-refractivity contribution < 1.29 is 5.11 Å². The van der Waals surface area contributed by atoms with E-state index in [1.165, 1.54) is 5.69 Å². The molecule has 0 saturated heterocycles. The summed E-state index contributed by atoms with van der Waals surface area (Å²) in [4.78, 5) is 0. The monoisotopic (exact) mass is 196 g/mol. The largest absolute Gasteiger partial charge is 0.393 e. The molecule has 1 atom stereocenters. The molecule has 0 spiro atoms. The predicted molar refractivity (Wildman–Crippen MR) is 57.1 cm³/mol. The van der Waals surface area contributed by atoms with Crippen LogP contribution in [0, 0.1) is 0 Å². The molecule has 0 fully saturated rings. The lowest BCUT2D eigenvalue weighted by atomic mass is 10.1. The Kier molecular flexibility index (Phi) is 4.66. The van der Waals surface area contributed by atoms with Crippen LogP contribution in [0.25, 0.3) is 0 Å². The van der Waals surface area contributed by atoms with Crippen LogP contribution in [-0.2, 0) is 13.0 Å². The van der Waals surface area contributed by atoms with E-state index in [0.29, 0.717) is 0 Å². The van der Waals surface area contributed by atoms with Crippen LogP contribution in [0.4, 0.5) is 0 Å². The number of hydrogen-bond acceptors (Lipinski definition) is 2. The van der Waals surface area contributed by atoms with Crippen molar-refractivity contribution in [2.24, 2.45) is 0 Å². The average Bonchev–Trinajstić information content (AvgIpc) is 2.62. The molecule has 1 aromatic rings. The zero-order valence-corrected chi connectivity index (χ0v) is 9.11. The number of rotatable bonds is 6. The van der Waals surface area contributed by atoms with Crippen LogP contribution in [-0.4, -0.2) is 21.0 Å². The molecule has 1 N–H and O–H groups in total. The fourth-order valence-electron chi connectivity index (χ4n) is 1.50. The maximum atomic E-state index is 9.45. The highest BCUT2D eigenvalue weighted by Crippen LogP contribution is 2.07. The van der Waals surface area contributed by atoms with Crippen LogP contribution in [0.2, 0.25) is 0 Å².